The van der Waals surface area contributed by atoms with Gasteiger partial charge < -0.3 is 15.3 Å². The van der Waals surface area contributed by atoms with Crippen LogP contribution in [-0.4, -0.2) is 44.6 Å². The number of piperazine rings is 1. The first kappa shape index (κ1) is 20.7. The fourth-order valence-electron chi connectivity index (χ4n) is 5.31. The summed E-state index contributed by atoms with van der Waals surface area (Å²) < 4.78 is 30.7. The van der Waals surface area contributed by atoms with Gasteiger partial charge in [0.05, 0.1) is 5.39 Å². The Morgan fingerprint density at radius 3 is 2.79 bits per heavy atom. The number of carbonyl (C=O) groups excluding carboxylic acids is 1. The first-order chi connectivity index (χ1) is 16.4. The molecule has 1 amide bonds. The fraction of sp³-hybridized carbons (Fsp3) is 0.280. The van der Waals surface area contributed by atoms with Gasteiger partial charge >= 0.3 is 0 Å². The monoisotopic (exact) mass is 461 g/mol. The Morgan fingerprint density at radius 2 is 2.06 bits per heavy atom. The molecule has 2 aromatic carbocycles. The number of halogens is 2. The number of hydrogen-bond donors (Lipinski definition) is 2. The molecule has 0 spiro atoms. The highest BCUT2D eigenvalue weighted by atomic mass is 19.1. The van der Waals surface area contributed by atoms with Crippen LogP contribution in [0.5, 0.6) is 5.75 Å². The van der Waals surface area contributed by atoms with Gasteiger partial charge in [-0.25, -0.2) is 18.7 Å². The number of anilines is 1. The molecule has 9 heteroatoms. The second-order valence-electron chi connectivity index (χ2n) is 8.86. The summed E-state index contributed by atoms with van der Waals surface area (Å²) in [6.45, 7) is 4.08. The standard InChI is InChI=1S/C25H21F2N5O2/c1-3-15-18(26)5-4-12-6-14(33)8-16(20(12)15)22-21(27)23-17(9-28-22)24(30-11(2)29-23)32-10-13-7-19(32)25(34)31-13/h4-6,8-9,13,19,33H,3,7,10H2,1-2H3,(H,31,34)/t13-,19-/m1/s1. The fourth-order valence-corrected chi connectivity index (χ4v) is 5.31. The molecule has 34 heavy (non-hydrogen) atoms. The minimum Gasteiger partial charge on any atom is -0.508 e. The van der Waals surface area contributed by atoms with E-state index >= 15 is 4.39 Å². The predicted molar refractivity (Wildman–Crippen MR) is 124 cm³/mol. The third-order valence-electron chi connectivity index (χ3n) is 6.76. The number of nitrogens with zero attached hydrogens (tertiary/aromatic N) is 4. The zero-order valence-corrected chi connectivity index (χ0v) is 18.6. The maximum atomic E-state index is 16.0. The molecule has 0 aliphatic carbocycles. The molecule has 2 N–H and O–H groups in total. The third kappa shape index (κ3) is 2.92. The molecule has 7 nitrogen and oxygen atoms in total. The molecule has 2 aromatic heterocycles. The highest BCUT2D eigenvalue weighted by Crippen LogP contribution is 2.39. The number of aromatic hydroxyl groups is 1. The van der Waals surface area contributed by atoms with E-state index in [-0.39, 0.29) is 35.0 Å². The van der Waals surface area contributed by atoms with E-state index in [2.05, 4.69) is 20.3 Å². The van der Waals surface area contributed by atoms with Gasteiger partial charge in [0, 0.05) is 24.3 Å². The lowest BCUT2D eigenvalue weighted by molar-refractivity contribution is -0.121. The summed E-state index contributed by atoms with van der Waals surface area (Å²) in [4.78, 5) is 27.4. The van der Waals surface area contributed by atoms with E-state index < -0.39 is 11.6 Å². The van der Waals surface area contributed by atoms with Gasteiger partial charge in [-0.1, -0.05) is 13.0 Å². The van der Waals surface area contributed by atoms with E-state index in [4.69, 9.17) is 0 Å². The lowest BCUT2D eigenvalue weighted by atomic mass is 9.94. The number of fused-ring (bicyclic) bond motifs is 4. The number of phenols is 1. The summed E-state index contributed by atoms with van der Waals surface area (Å²) in [7, 11) is 0. The third-order valence-corrected chi connectivity index (χ3v) is 6.76. The van der Waals surface area contributed by atoms with E-state index in [0.717, 1.165) is 0 Å². The second kappa shape index (κ2) is 7.31. The Labute approximate surface area is 193 Å². The summed E-state index contributed by atoms with van der Waals surface area (Å²) >= 11 is 0. The lowest BCUT2D eigenvalue weighted by Crippen LogP contribution is -2.48. The van der Waals surface area contributed by atoms with Crippen molar-refractivity contribution < 1.29 is 18.7 Å². The van der Waals surface area contributed by atoms with Crippen molar-refractivity contribution in [2.45, 2.75) is 38.8 Å². The summed E-state index contributed by atoms with van der Waals surface area (Å²) in [5.74, 6) is -0.379. The smallest absolute Gasteiger partial charge is 0.243 e. The van der Waals surface area contributed by atoms with E-state index in [0.29, 0.717) is 58.3 Å². The summed E-state index contributed by atoms with van der Waals surface area (Å²) in [5, 5.41) is 14.7. The molecule has 6 rings (SSSR count). The van der Waals surface area contributed by atoms with Crippen LogP contribution in [0.2, 0.25) is 0 Å². The molecule has 4 aromatic rings. The van der Waals surface area contributed by atoms with Crippen molar-refractivity contribution in [1.82, 2.24) is 20.3 Å². The molecule has 2 atom stereocenters. The van der Waals surface area contributed by atoms with E-state index in [1.165, 1.54) is 24.4 Å². The number of amides is 1. The molecule has 2 saturated heterocycles. The number of pyridine rings is 1. The molecule has 0 unspecified atom stereocenters. The van der Waals surface area contributed by atoms with Crippen LogP contribution in [0.4, 0.5) is 14.6 Å². The van der Waals surface area contributed by atoms with Crippen molar-refractivity contribution >= 4 is 33.4 Å². The molecule has 4 heterocycles. The minimum absolute atomic E-state index is 0.0292. The van der Waals surface area contributed by atoms with Crippen LogP contribution in [0, 0.1) is 18.6 Å². The maximum absolute atomic E-state index is 16.0. The molecule has 2 bridgehead atoms. The van der Waals surface area contributed by atoms with Crippen LogP contribution in [0.1, 0.15) is 24.7 Å². The van der Waals surface area contributed by atoms with E-state index in [1.807, 2.05) is 11.8 Å². The van der Waals surface area contributed by atoms with Crippen molar-refractivity contribution in [3.05, 3.63) is 53.5 Å². The first-order valence-electron chi connectivity index (χ1n) is 11.2. The van der Waals surface area contributed by atoms with Crippen LogP contribution in [-0.2, 0) is 11.2 Å². The van der Waals surface area contributed by atoms with Gasteiger partial charge in [-0.05, 0) is 54.3 Å². The van der Waals surface area contributed by atoms with Gasteiger partial charge in [0.15, 0.2) is 5.82 Å². The zero-order valence-electron chi connectivity index (χ0n) is 18.6. The Bertz CT molecular complexity index is 1520. The van der Waals surface area contributed by atoms with E-state index in [9.17, 15) is 14.3 Å². The first-order valence-corrected chi connectivity index (χ1v) is 11.2. The number of aromatic nitrogens is 3. The molecule has 172 valence electrons. The Morgan fingerprint density at radius 1 is 1.24 bits per heavy atom. The van der Waals surface area contributed by atoms with Crippen LogP contribution in [0.25, 0.3) is 32.9 Å². The van der Waals surface area contributed by atoms with Gasteiger partial charge in [-0.2, -0.15) is 0 Å². The van der Waals surface area contributed by atoms with Crippen LogP contribution in [0.3, 0.4) is 0 Å². The number of phenolic OH excluding ortho intramolecular Hbond substituents is 1. The van der Waals surface area contributed by atoms with Crippen LogP contribution >= 0.6 is 0 Å². The topological polar surface area (TPSA) is 91.2 Å². The van der Waals surface area contributed by atoms with Crippen molar-refractivity contribution in [3.63, 3.8) is 0 Å². The molecular weight excluding hydrogens is 440 g/mol. The molecule has 2 aliphatic heterocycles. The van der Waals surface area contributed by atoms with Crippen molar-refractivity contribution in [2.24, 2.45) is 0 Å². The second-order valence-corrected chi connectivity index (χ2v) is 8.86. The van der Waals surface area contributed by atoms with Gasteiger partial charge in [0.2, 0.25) is 5.91 Å². The Balaban J connectivity index is 1.60. The number of hydrogen-bond acceptors (Lipinski definition) is 6. The normalized spacial score (nSPS) is 19.4. The van der Waals surface area contributed by atoms with Crippen LogP contribution < -0.4 is 10.2 Å². The van der Waals surface area contributed by atoms with Gasteiger partial charge in [-0.3, -0.25) is 9.78 Å². The van der Waals surface area contributed by atoms with Gasteiger partial charge in [0.1, 0.15) is 40.5 Å². The van der Waals surface area contributed by atoms with Gasteiger partial charge in [-0.15, -0.1) is 0 Å². The SMILES string of the molecule is CCc1c(F)ccc2cc(O)cc(-c3ncc4c(N5C[C@H]6C[C@@H]5C(=O)N6)nc(C)nc4c3F)c12. The molecular formula is C25H21F2N5O2. The highest BCUT2D eigenvalue weighted by molar-refractivity contribution is 6.02. The predicted octanol–water partition coefficient (Wildman–Crippen LogP) is 3.78. The van der Waals surface area contributed by atoms with Crippen molar-refractivity contribution in [1.29, 1.82) is 0 Å². The van der Waals surface area contributed by atoms with Crippen molar-refractivity contribution in [3.8, 4) is 17.0 Å². The van der Waals surface area contributed by atoms with Crippen LogP contribution in [0.15, 0.2) is 30.5 Å². The number of rotatable bonds is 3. The maximum Gasteiger partial charge on any atom is 0.243 e. The molecule has 0 saturated carbocycles. The summed E-state index contributed by atoms with van der Waals surface area (Å²) in [6.07, 6.45) is 2.56. The number of aryl methyl sites for hydroxylation is 2. The van der Waals surface area contributed by atoms with E-state index in [1.54, 1.807) is 13.0 Å². The molecule has 0 radical (unpaired) electrons. The van der Waals surface area contributed by atoms with Crippen molar-refractivity contribution in [2.75, 3.05) is 11.4 Å². The molecule has 2 aliphatic rings. The Kier molecular flexibility index (Phi) is 4.45. The number of carbonyl (C=O) groups is 1. The lowest BCUT2D eigenvalue weighted by Gasteiger charge is -2.28. The molecule has 2 fully saturated rings. The summed E-state index contributed by atoms with van der Waals surface area (Å²) in [5.41, 5.74) is 0.760. The Hall–Kier alpha value is -3.88. The van der Waals surface area contributed by atoms with Gasteiger partial charge in [0.25, 0.3) is 0 Å². The zero-order chi connectivity index (χ0) is 23.7. The largest absolute Gasteiger partial charge is 0.508 e. The highest BCUT2D eigenvalue weighted by Gasteiger charge is 2.45. The quantitative estimate of drug-likeness (QED) is 0.483. The minimum atomic E-state index is -0.684. The average Bonchev–Trinajstić information content (AvgIpc) is 3.38. The summed E-state index contributed by atoms with van der Waals surface area (Å²) in [6, 6.07) is 5.52. The average molecular weight is 461 g/mol. The number of benzene rings is 2. The number of nitrogens with one attached hydrogen (secondary N) is 1.